The van der Waals surface area contributed by atoms with Crippen molar-refractivity contribution in [1.82, 2.24) is 4.90 Å². The van der Waals surface area contributed by atoms with E-state index in [4.69, 9.17) is 5.73 Å². The summed E-state index contributed by atoms with van der Waals surface area (Å²) in [7, 11) is 0. The number of fused-ring (bicyclic) bond motifs is 1. The van der Waals surface area contributed by atoms with Gasteiger partial charge in [-0.05, 0) is 30.4 Å². The van der Waals surface area contributed by atoms with Crippen LogP contribution in [0.4, 0.5) is 0 Å². The Labute approximate surface area is 102 Å². The van der Waals surface area contributed by atoms with Gasteiger partial charge in [0.05, 0.1) is 6.04 Å². The molecule has 1 aliphatic carbocycles. The molecule has 1 fully saturated rings. The highest BCUT2D eigenvalue weighted by Crippen LogP contribution is 2.36. The lowest BCUT2D eigenvalue weighted by atomic mass is 9.87. The third kappa shape index (κ3) is 1.84. The molecular formula is C14H18N2O. The summed E-state index contributed by atoms with van der Waals surface area (Å²) in [6, 6.07) is 8.78. The fourth-order valence-corrected chi connectivity index (χ4v) is 3.11. The van der Waals surface area contributed by atoms with E-state index in [1.807, 2.05) is 4.90 Å². The number of amides is 1. The first-order valence-electron chi connectivity index (χ1n) is 6.38. The van der Waals surface area contributed by atoms with Crippen LogP contribution < -0.4 is 5.73 Å². The van der Waals surface area contributed by atoms with E-state index in [1.54, 1.807) is 0 Å². The molecule has 0 bridgehead atoms. The maximum absolute atomic E-state index is 11.9. The van der Waals surface area contributed by atoms with E-state index >= 15 is 0 Å². The lowest BCUT2D eigenvalue weighted by Crippen LogP contribution is -2.34. The Hall–Kier alpha value is -1.35. The van der Waals surface area contributed by atoms with Crippen molar-refractivity contribution in [3.05, 3.63) is 35.4 Å². The summed E-state index contributed by atoms with van der Waals surface area (Å²) in [6.45, 7) is 0.720. The summed E-state index contributed by atoms with van der Waals surface area (Å²) >= 11 is 0. The molecule has 1 aliphatic heterocycles. The van der Waals surface area contributed by atoms with Gasteiger partial charge in [0.25, 0.3) is 0 Å². The summed E-state index contributed by atoms with van der Waals surface area (Å²) < 4.78 is 0. The van der Waals surface area contributed by atoms with E-state index in [1.165, 1.54) is 17.5 Å². The van der Waals surface area contributed by atoms with Gasteiger partial charge in [-0.3, -0.25) is 4.79 Å². The van der Waals surface area contributed by atoms with Crippen LogP contribution in [0, 0.1) is 0 Å². The highest BCUT2D eigenvalue weighted by atomic mass is 16.2. The van der Waals surface area contributed by atoms with Crippen LogP contribution in [0.1, 0.15) is 36.4 Å². The summed E-state index contributed by atoms with van der Waals surface area (Å²) in [4.78, 5) is 13.9. The first-order chi connectivity index (χ1) is 8.25. The molecule has 17 heavy (non-hydrogen) atoms. The largest absolute Gasteiger partial charge is 0.334 e. The summed E-state index contributed by atoms with van der Waals surface area (Å²) in [6.07, 6.45) is 3.90. The van der Waals surface area contributed by atoms with Crippen LogP contribution >= 0.6 is 0 Å². The second-order valence-corrected chi connectivity index (χ2v) is 5.12. The van der Waals surface area contributed by atoms with Crippen molar-refractivity contribution in [3.8, 4) is 0 Å². The standard InChI is InChI=1S/C14H18N2O/c15-11-8-14(17)16(9-11)13-7-3-5-10-4-1-2-6-12(10)13/h1-2,4,6,11,13H,3,5,7-9,15H2. The van der Waals surface area contributed by atoms with E-state index in [2.05, 4.69) is 24.3 Å². The van der Waals surface area contributed by atoms with Gasteiger partial charge in [-0.1, -0.05) is 24.3 Å². The number of benzene rings is 1. The lowest BCUT2D eigenvalue weighted by molar-refractivity contribution is -0.130. The quantitative estimate of drug-likeness (QED) is 0.797. The van der Waals surface area contributed by atoms with Crippen LogP contribution in [0.2, 0.25) is 0 Å². The molecule has 2 unspecified atom stereocenters. The minimum atomic E-state index is 0.0246. The van der Waals surface area contributed by atoms with Crippen molar-refractivity contribution < 1.29 is 4.79 Å². The zero-order valence-corrected chi connectivity index (χ0v) is 9.93. The monoisotopic (exact) mass is 230 g/mol. The number of hydrogen-bond donors (Lipinski definition) is 1. The van der Waals surface area contributed by atoms with Gasteiger partial charge in [-0.25, -0.2) is 0 Å². The molecule has 3 heteroatoms. The number of nitrogens with zero attached hydrogens (tertiary/aromatic N) is 1. The van der Waals surface area contributed by atoms with Crippen LogP contribution in [-0.2, 0) is 11.2 Å². The number of rotatable bonds is 1. The molecule has 90 valence electrons. The van der Waals surface area contributed by atoms with E-state index in [0.29, 0.717) is 6.42 Å². The molecule has 0 saturated carbocycles. The van der Waals surface area contributed by atoms with Crippen molar-refractivity contribution in [2.45, 2.75) is 37.8 Å². The smallest absolute Gasteiger partial charge is 0.224 e. The zero-order valence-electron chi connectivity index (χ0n) is 9.93. The Morgan fingerprint density at radius 2 is 2.12 bits per heavy atom. The molecule has 3 rings (SSSR count). The zero-order chi connectivity index (χ0) is 11.8. The highest BCUT2D eigenvalue weighted by Gasteiger charge is 2.34. The fraction of sp³-hybridized carbons (Fsp3) is 0.500. The van der Waals surface area contributed by atoms with Crippen molar-refractivity contribution in [1.29, 1.82) is 0 Å². The molecular weight excluding hydrogens is 212 g/mol. The summed E-state index contributed by atoms with van der Waals surface area (Å²) in [5, 5.41) is 0. The average Bonchev–Trinajstić information content (AvgIpc) is 2.68. The Balaban J connectivity index is 1.93. The number of hydrogen-bond acceptors (Lipinski definition) is 2. The first-order valence-corrected chi connectivity index (χ1v) is 6.38. The Bertz CT molecular complexity index is 444. The molecule has 1 amide bonds. The second-order valence-electron chi connectivity index (χ2n) is 5.12. The SMILES string of the molecule is NC1CC(=O)N(C2CCCc3ccccc32)C1. The number of carbonyl (C=O) groups is 1. The molecule has 1 aromatic rings. The third-order valence-electron chi connectivity index (χ3n) is 3.90. The molecule has 1 aromatic carbocycles. The van der Waals surface area contributed by atoms with Gasteiger partial charge in [0.2, 0.25) is 5.91 Å². The number of nitrogens with two attached hydrogens (primary N) is 1. The normalized spacial score (nSPS) is 28.3. The summed E-state index contributed by atoms with van der Waals surface area (Å²) in [5.41, 5.74) is 8.61. The van der Waals surface area contributed by atoms with Gasteiger partial charge in [0.15, 0.2) is 0 Å². The van der Waals surface area contributed by atoms with Gasteiger partial charge in [-0.15, -0.1) is 0 Å². The van der Waals surface area contributed by atoms with Gasteiger partial charge < -0.3 is 10.6 Å². The average molecular weight is 230 g/mol. The first kappa shape index (κ1) is 10.8. The van der Waals surface area contributed by atoms with Crippen LogP contribution in [0.25, 0.3) is 0 Å². The fourth-order valence-electron chi connectivity index (χ4n) is 3.11. The minimum Gasteiger partial charge on any atom is -0.334 e. The van der Waals surface area contributed by atoms with Crippen LogP contribution in [0.5, 0.6) is 0 Å². The van der Waals surface area contributed by atoms with Crippen molar-refractivity contribution >= 4 is 5.91 Å². The molecule has 0 radical (unpaired) electrons. The van der Waals surface area contributed by atoms with Crippen LogP contribution in [0.15, 0.2) is 24.3 Å². The molecule has 1 saturated heterocycles. The van der Waals surface area contributed by atoms with E-state index in [9.17, 15) is 4.79 Å². The Kier molecular flexibility index (Phi) is 2.63. The van der Waals surface area contributed by atoms with E-state index in [-0.39, 0.29) is 18.0 Å². The Morgan fingerprint density at radius 3 is 2.88 bits per heavy atom. The van der Waals surface area contributed by atoms with Crippen molar-refractivity contribution in [2.75, 3.05) is 6.54 Å². The van der Waals surface area contributed by atoms with Gasteiger partial charge in [0, 0.05) is 19.0 Å². The third-order valence-corrected chi connectivity index (χ3v) is 3.90. The molecule has 2 aliphatic rings. The van der Waals surface area contributed by atoms with Gasteiger partial charge in [-0.2, -0.15) is 0 Å². The molecule has 2 atom stereocenters. The van der Waals surface area contributed by atoms with Gasteiger partial charge in [0.1, 0.15) is 0 Å². The van der Waals surface area contributed by atoms with Crippen molar-refractivity contribution in [3.63, 3.8) is 0 Å². The van der Waals surface area contributed by atoms with Crippen LogP contribution in [-0.4, -0.2) is 23.4 Å². The molecule has 0 aromatic heterocycles. The lowest BCUT2D eigenvalue weighted by Gasteiger charge is -2.33. The van der Waals surface area contributed by atoms with Crippen LogP contribution in [0.3, 0.4) is 0 Å². The van der Waals surface area contributed by atoms with Crippen molar-refractivity contribution in [2.24, 2.45) is 5.73 Å². The minimum absolute atomic E-state index is 0.0246. The number of aryl methyl sites for hydroxylation is 1. The number of likely N-dealkylation sites (tertiary alicyclic amines) is 1. The highest BCUT2D eigenvalue weighted by molar-refractivity contribution is 5.79. The van der Waals surface area contributed by atoms with E-state index < -0.39 is 0 Å². The number of carbonyl (C=O) groups excluding carboxylic acids is 1. The van der Waals surface area contributed by atoms with Gasteiger partial charge >= 0.3 is 0 Å². The summed E-state index contributed by atoms with van der Waals surface area (Å²) in [5.74, 6) is 0.221. The molecule has 2 N–H and O–H groups in total. The second kappa shape index (κ2) is 4.15. The maximum atomic E-state index is 11.9. The molecule has 3 nitrogen and oxygen atoms in total. The maximum Gasteiger partial charge on any atom is 0.224 e. The molecule has 1 heterocycles. The predicted molar refractivity (Wildman–Crippen MR) is 66.4 cm³/mol. The topological polar surface area (TPSA) is 46.3 Å². The Morgan fingerprint density at radius 1 is 1.29 bits per heavy atom. The molecule has 0 spiro atoms. The predicted octanol–water partition coefficient (Wildman–Crippen LogP) is 1.62. The van der Waals surface area contributed by atoms with E-state index in [0.717, 1.165) is 19.4 Å².